The van der Waals surface area contributed by atoms with Gasteiger partial charge < -0.3 is 4.98 Å². The van der Waals surface area contributed by atoms with E-state index in [1.165, 1.54) is 6.20 Å². The lowest BCUT2D eigenvalue weighted by atomic mass is 10.1. The van der Waals surface area contributed by atoms with Gasteiger partial charge in [-0.05, 0) is 29.9 Å². The maximum absolute atomic E-state index is 14.2. The number of nitrogens with one attached hydrogen (secondary N) is 2. The molecule has 2 atom stereocenters. The molecule has 4 aromatic rings. The second kappa shape index (κ2) is 6.55. The van der Waals surface area contributed by atoms with E-state index in [-0.39, 0.29) is 28.7 Å². The van der Waals surface area contributed by atoms with Crippen molar-refractivity contribution >= 4 is 5.65 Å². The normalized spacial score (nSPS) is 18.5. The summed E-state index contributed by atoms with van der Waals surface area (Å²) >= 11 is 0. The molecule has 0 aliphatic heterocycles. The highest BCUT2D eigenvalue weighted by Gasteiger charge is 2.43. The molecule has 1 aliphatic carbocycles. The highest BCUT2D eigenvalue weighted by Crippen LogP contribution is 2.55. The van der Waals surface area contributed by atoms with E-state index >= 15 is 0 Å². The highest BCUT2D eigenvalue weighted by atomic mass is 19.4. The minimum Gasteiger partial charge on any atom is -0.313 e. The molecule has 1 aliphatic rings. The quantitative estimate of drug-likeness (QED) is 0.477. The number of halogens is 4. The Labute approximate surface area is 168 Å². The number of rotatable bonds is 3. The van der Waals surface area contributed by atoms with Gasteiger partial charge in [-0.25, -0.2) is 19.7 Å². The fourth-order valence-electron chi connectivity index (χ4n) is 3.55. The van der Waals surface area contributed by atoms with Crippen LogP contribution in [0.2, 0.25) is 0 Å². The fraction of sp³-hybridized carbons (Fsp3) is 0.222. The van der Waals surface area contributed by atoms with Gasteiger partial charge in [0.15, 0.2) is 5.65 Å². The Morgan fingerprint density at radius 3 is 2.48 bits per heavy atom. The van der Waals surface area contributed by atoms with E-state index in [0.29, 0.717) is 17.5 Å². The number of alkyl halides is 3. The lowest BCUT2D eigenvalue weighted by Gasteiger charge is -2.08. The van der Waals surface area contributed by atoms with Gasteiger partial charge in [-0.1, -0.05) is 0 Å². The number of fused-ring (bicyclic) bond motifs is 1. The first kappa shape index (κ1) is 19.1. The van der Waals surface area contributed by atoms with Gasteiger partial charge in [-0.15, -0.1) is 0 Å². The molecule has 0 amide bonds. The number of aromatic amines is 2. The average molecular weight is 433 g/mol. The Bertz CT molecular complexity index is 1420. The average Bonchev–Trinajstić information content (AvgIpc) is 3.43. The maximum atomic E-state index is 14.2. The molecule has 1 saturated carbocycles. The number of hydrogen-bond donors (Lipinski definition) is 2. The summed E-state index contributed by atoms with van der Waals surface area (Å²) in [5.74, 6) is -2.40. The van der Waals surface area contributed by atoms with E-state index in [4.69, 9.17) is 0 Å². The van der Waals surface area contributed by atoms with E-state index in [2.05, 4.69) is 30.0 Å². The molecule has 0 unspecified atom stereocenters. The fourth-order valence-corrected chi connectivity index (χ4v) is 3.55. The zero-order chi connectivity index (χ0) is 21.9. The Kier molecular flexibility index (Phi) is 4.03. The van der Waals surface area contributed by atoms with Crippen molar-refractivity contribution in [3.05, 3.63) is 74.6 Å². The van der Waals surface area contributed by atoms with E-state index in [9.17, 15) is 27.2 Å². The van der Waals surface area contributed by atoms with Crippen LogP contribution < -0.4 is 11.2 Å². The minimum atomic E-state index is -4.63. The van der Waals surface area contributed by atoms with Crippen LogP contribution in [0.1, 0.15) is 35.2 Å². The van der Waals surface area contributed by atoms with Crippen LogP contribution in [0, 0.1) is 5.95 Å². The Hall–Kier alpha value is -3.90. The summed E-state index contributed by atoms with van der Waals surface area (Å²) in [7, 11) is 0. The molecule has 4 heterocycles. The molecule has 0 bridgehead atoms. The minimum absolute atomic E-state index is 0.0194. The number of aromatic nitrogens is 7. The standard InChI is InChI=1S/C18H11F4N7O2/c19-13-6-23-14-10(2-12(28-29(13)14)11-5-26-17(31)27-15(11)30)9-1-8(9)7-3-24-16(25-4-7)18(20,21)22/h2-6,8-9H,1H2,(H2,26,27,30,31)/t8-,9+/m0/s1. The third-order valence-corrected chi connectivity index (χ3v) is 5.09. The molecule has 0 aromatic carbocycles. The lowest BCUT2D eigenvalue weighted by Crippen LogP contribution is -2.23. The molecular weight excluding hydrogens is 422 g/mol. The first-order chi connectivity index (χ1) is 14.7. The van der Waals surface area contributed by atoms with Crippen LogP contribution >= 0.6 is 0 Å². The van der Waals surface area contributed by atoms with E-state index < -0.39 is 29.2 Å². The van der Waals surface area contributed by atoms with Crippen molar-refractivity contribution in [3.63, 3.8) is 0 Å². The summed E-state index contributed by atoms with van der Waals surface area (Å²) in [5.41, 5.74) is 0.00590. The largest absolute Gasteiger partial charge is 0.451 e. The van der Waals surface area contributed by atoms with Gasteiger partial charge in [0.05, 0.1) is 17.5 Å². The van der Waals surface area contributed by atoms with Crippen molar-refractivity contribution in [2.24, 2.45) is 0 Å². The third-order valence-electron chi connectivity index (χ3n) is 5.09. The van der Waals surface area contributed by atoms with Gasteiger partial charge in [0, 0.05) is 24.2 Å². The summed E-state index contributed by atoms with van der Waals surface area (Å²) < 4.78 is 53.2. The van der Waals surface area contributed by atoms with Crippen LogP contribution in [0.5, 0.6) is 0 Å². The molecule has 0 spiro atoms. The van der Waals surface area contributed by atoms with Crippen LogP contribution in [0.4, 0.5) is 17.6 Å². The molecule has 158 valence electrons. The maximum Gasteiger partial charge on any atom is 0.451 e. The number of H-pyrrole nitrogens is 2. The monoisotopic (exact) mass is 433 g/mol. The van der Waals surface area contributed by atoms with E-state index in [1.54, 1.807) is 6.07 Å². The van der Waals surface area contributed by atoms with Crippen LogP contribution in [-0.4, -0.2) is 34.5 Å². The Morgan fingerprint density at radius 1 is 1.06 bits per heavy atom. The zero-order valence-corrected chi connectivity index (χ0v) is 15.3. The van der Waals surface area contributed by atoms with Crippen molar-refractivity contribution in [3.8, 4) is 11.3 Å². The Balaban J connectivity index is 1.56. The van der Waals surface area contributed by atoms with Crippen molar-refractivity contribution in [2.75, 3.05) is 0 Å². The Morgan fingerprint density at radius 2 is 1.81 bits per heavy atom. The van der Waals surface area contributed by atoms with Gasteiger partial charge in [-0.2, -0.15) is 27.2 Å². The smallest absolute Gasteiger partial charge is 0.313 e. The van der Waals surface area contributed by atoms with Crippen molar-refractivity contribution < 1.29 is 17.6 Å². The SMILES string of the molecule is O=c1[nH]cc(-c2cc([C@@H]3C[C@H]3c3cnc(C(F)(F)F)nc3)c3ncc(F)n3n2)c(=O)[nH]1. The molecule has 1 fully saturated rings. The highest BCUT2D eigenvalue weighted by molar-refractivity contribution is 5.63. The molecule has 2 N–H and O–H groups in total. The van der Waals surface area contributed by atoms with Gasteiger partial charge in [0.25, 0.3) is 5.56 Å². The second-order valence-corrected chi connectivity index (χ2v) is 7.07. The number of hydrogen-bond acceptors (Lipinski definition) is 6. The number of nitrogens with zero attached hydrogens (tertiary/aromatic N) is 5. The summed E-state index contributed by atoms with van der Waals surface area (Å²) in [6.45, 7) is 0. The topological polar surface area (TPSA) is 122 Å². The van der Waals surface area contributed by atoms with Crippen LogP contribution in [0.15, 0.2) is 40.4 Å². The van der Waals surface area contributed by atoms with Crippen LogP contribution in [0.25, 0.3) is 16.9 Å². The lowest BCUT2D eigenvalue weighted by molar-refractivity contribution is -0.145. The third kappa shape index (κ3) is 3.27. The summed E-state index contributed by atoms with van der Waals surface area (Å²) in [4.78, 5) is 38.6. The van der Waals surface area contributed by atoms with E-state index in [1.807, 2.05) is 0 Å². The molecule has 4 aromatic heterocycles. The first-order valence-corrected chi connectivity index (χ1v) is 8.98. The number of imidazole rings is 1. The summed E-state index contributed by atoms with van der Waals surface area (Å²) in [6, 6.07) is 1.56. The van der Waals surface area contributed by atoms with Gasteiger partial charge in [-0.3, -0.25) is 9.78 Å². The summed E-state index contributed by atoms with van der Waals surface area (Å²) in [6.07, 6.45) is 0.305. The van der Waals surface area contributed by atoms with E-state index in [0.717, 1.165) is 23.1 Å². The van der Waals surface area contributed by atoms with Gasteiger partial charge in [0.1, 0.15) is 0 Å². The molecule has 0 saturated heterocycles. The van der Waals surface area contributed by atoms with Gasteiger partial charge >= 0.3 is 11.9 Å². The molecule has 31 heavy (non-hydrogen) atoms. The molecule has 5 rings (SSSR count). The molecule has 13 heteroatoms. The van der Waals surface area contributed by atoms with Gasteiger partial charge in [0.2, 0.25) is 11.8 Å². The zero-order valence-electron chi connectivity index (χ0n) is 15.3. The predicted octanol–water partition coefficient (Wildman–Crippen LogP) is 1.99. The van der Waals surface area contributed by atoms with Crippen LogP contribution in [0.3, 0.4) is 0 Å². The predicted molar refractivity (Wildman–Crippen MR) is 96.8 cm³/mol. The van der Waals surface area contributed by atoms with Crippen molar-refractivity contribution in [1.29, 1.82) is 0 Å². The van der Waals surface area contributed by atoms with Crippen molar-refractivity contribution in [2.45, 2.75) is 24.4 Å². The summed E-state index contributed by atoms with van der Waals surface area (Å²) in [5, 5.41) is 4.09. The molecule has 9 nitrogen and oxygen atoms in total. The van der Waals surface area contributed by atoms with Crippen molar-refractivity contribution in [1.82, 2.24) is 34.5 Å². The van der Waals surface area contributed by atoms with Crippen LogP contribution in [-0.2, 0) is 6.18 Å². The second-order valence-electron chi connectivity index (χ2n) is 7.07. The first-order valence-electron chi connectivity index (χ1n) is 8.98. The molecular formula is C18H11F4N7O2. The molecule has 0 radical (unpaired) electrons.